The minimum atomic E-state index is 0.115. The van der Waals surface area contributed by atoms with Crippen molar-refractivity contribution in [2.75, 3.05) is 19.6 Å². The molecule has 2 fully saturated rings. The van der Waals surface area contributed by atoms with Crippen molar-refractivity contribution >= 4 is 17.5 Å². The molecule has 0 unspecified atom stereocenters. The Morgan fingerprint density at radius 1 is 1.41 bits per heavy atom. The van der Waals surface area contributed by atoms with E-state index in [4.69, 9.17) is 11.6 Å². The van der Waals surface area contributed by atoms with Crippen molar-refractivity contribution in [2.45, 2.75) is 12.5 Å². The topological polar surface area (TPSA) is 32.3 Å². The van der Waals surface area contributed by atoms with E-state index in [9.17, 15) is 4.79 Å². The van der Waals surface area contributed by atoms with E-state index >= 15 is 0 Å². The molecule has 4 heteroatoms. The Balaban J connectivity index is 1.83. The Morgan fingerprint density at radius 3 is 3.12 bits per heavy atom. The SMILES string of the molecule is O=C(c1cccc(Cl)c1)N1CC[C@H]2CNC[C@H]21. The first-order chi connectivity index (χ1) is 8.25. The van der Waals surface area contributed by atoms with Crippen molar-refractivity contribution in [3.63, 3.8) is 0 Å². The van der Waals surface area contributed by atoms with Crippen LogP contribution in [0.2, 0.25) is 5.02 Å². The molecule has 1 aromatic carbocycles. The number of halogens is 1. The summed E-state index contributed by atoms with van der Waals surface area (Å²) in [5, 5.41) is 3.97. The molecule has 2 heterocycles. The van der Waals surface area contributed by atoms with Gasteiger partial charge in [-0.25, -0.2) is 0 Å². The third-order valence-corrected chi connectivity index (χ3v) is 4.01. The lowest BCUT2D eigenvalue weighted by Gasteiger charge is -2.23. The number of hydrogen-bond donors (Lipinski definition) is 1. The van der Waals surface area contributed by atoms with Crippen molar-refractivity contribution < 1.29 is 4.79 Å². The number of carbonyl (C=O) groups excluding carboxylic acids is 1. The smallest absolute Gasteiger partial charge is 0.254 e. The van der Waals surface area contributed by atoms with E-state index in [1.807, 2.05) is 17.0 Å². The van der Waals surface area contributed by atoms with Gasteiger partial charge in [0, 0.05) is 36.3 Å². The fourth-order valence-corrected chi connectivity index (χ4v) is 3.08. The standard InChI is InChI=1S/C13H15ClN2O/c14-11-3-1-2-9(6-11)13(17)16-5-4-10-7-15-8-12(10)16/h1-3,6,10,12,15H,4-5,7-8H2/t10-,12+/m0/s1. The second-order valence-electron chi connectivity index (χ2n) is 4.78. The molecule has 0 radical (unpaired) electrons. The Morgan fingerprint density at radius 2 is 2.29 bits per heavy atom. The van der Waals surface area contributed by atoms with Crippen LogP contribution in [0.4, 0.5) is 0 Å². The van der Waals surface area contributed by atoms with Gasteiger partial charge in [-0.05, 0) is 30.5 Å². The molecule has 3 rings (SSSR count). The highest BCUT2D eigenvalue weighted by Gasteiger charge is 2.39. The molecule has 90 valence electrons. The van der Waals surface area contributed by atoms with Gasteiger partial charge in [-0.2, -0.15) is 0 Å². The fraction of sp³-hybridized carbons (Fsp3) is 0.462. The number of amides is 1. The van der Waals surface area contributed by atoms with E-state index < -0.39 is 0 Å². The molecule has 2 aliphatic heterocycles. The monoisotopic (exact) mass is 250 g/mol. The van der Waals surface area contributed by atoms with Crippen LogP contribution in [-0.2, 0) is 0 Å². The van der Waals surface area contributed by atoms with Crippen molar-refractivity contribution in [3.8, 4) is 0 Å². The summed E-state index contributed by atoms with van der Waals surface area (Å²) in [5.41, 5.74) is 0.699. The lowest BCUT2D eigenvalue weighted by Crippen LogP contribution is -2.39. The van der Waals surface area contributed by atoms with Gasteiger partial charge in [0.05, 0.1) is 0 Å². The number of nitrogens with one attached hydrogen (secondary N) is 1. The molecule has 0 aliphatic carbocycles. The van der Waals surface area contributed by atoms with Crippen LogP contribution >= 0.6 is 11.6 Å². The van der Waals surface area contributed by atoms with E-state index in [0.29, 0.717) is 22.5 Å². The van der Waals surface area contributed by atoms with Gasteiger partial charge in [-0.15, -0.1) is 0 Å². The normalized spacial score (nSPS) is 27.2. The van der Waals surface area contributed by atoms with Crippen molar-refractivity contribution in [1.82, 2.24) is 10.2 Å². The summed E-state index contributed by atoms with van der Waals surface area (Å²) in [6, 6.07) is 7.59. The van der Waals surface area contributed by atoms with Crippen LogP contribution in [0.15, 0.2) is 24.3 Å². The second-order valence-corrected chi connectivity index (χ2v) is 5.22. The van der Waals surface area contributed by atoms with Crippen LogP contribution in [0, 0.1) is 5.92 Å². The summed E-state index contributed by atoms with van der Waals surface area (Å²) in [7, 11) is 0. The van der Waals surface area contributed by atoms with E-state index in [0.717, 1.165) is 26.1 Å². The molecule has 2 aliphatic rings. The van der Waals surface area contributed by atoms with Gasteiger partial charge in [0.15, 0.2) is 0 Å². The number of hydrogen-bond acceptors (Lipinski definition) is 2. The van der Waals surface area contributed by atoms with Gasteiger partial charge < -0.3 is 10.2 Å². The molecule has 0 saturated carbocycles. The summed E-state index contributed by atoms with van der Waals surface area (Å²) in [6.45, 7) is 2.85. The summed E-state index contributed by atoms with van der Waals surface area (Å²) in [6.07, 6.45) is 1.12. The molecular weight excluding hydrogens is 236 g/mol. The molecule has 1 N–H and O–H groups in total. The van der Waals surface area contributed by atoms with Crippen LogP contribution in [0.1, 0.15) is 16.8 Å². The average molecular weight is 251 g/mol. The summed E-state index contributed by atoms with van der Waals surface area (Å²) < 4.78 is 0. The van der Waals surface area contributed by atoms with Gasteiger partial charge in [-0.1, -0.05) is 17.7 Å². The van der Waals surface area contributed by atoms with Crippen LogP contribution in [0.5, 0.6) is 0 Å². The number of nitrogens with zero attached hydrogens (tertiary/aromatic N) is 1. The van der Waals surface area contributed by atoms with E-state index in [2.05, 4.69) is 5.32 Å². The highest BCUT2D eigenvalue weighted by atomic mass is 35.5. The maximum atomic E-state index is 12.4. The quantitative estimate of drug-likeness (QED) is 0.824. The van der Waals surface area contributed by atoms with E-state index in [1.165, 1.54) is 0 Å². The lowest BCUT2D eigenvalue weighted by molar-refractivity contribution is 0.0737. The minimum absolute atomic E-state index is 0.115. The maximum absolute atomic E-state index is 12.4. The largest absolute Gasteiger partial charge is 0.334 e. The molecule has 3 nitrogen and oxygen atoms in total. The maximum Gasteiger partial charge on any atom is 0.254 e. The molecule has 2 saturated heterocycles. The molecule has 1 amide bonds. The Hall–Kier alpha value is -1.06. The first-order valence-electron chi connectivity index (χ1n) is 6.03. The number of rotatable bonds is 1. The van der Waals surface area contributed by atoms with Gasteiger partial charge >= 0.3 is 0 Å². The summed E-state index contributed by atoms with van der Waals surface area (Å²) >= 11 is 5.92. The minimum Gasteiger partial charge on any atom is -0.334 e. The second kappa shape index (κ2) is 4.31. The van der Waals surface area contributed by atoms with Crippen molar-refractivity contribution in [1.29, 1.82) is 0 Å². The molecule has 0 spiro atoms. The third-order valence-electron chi connectivity index (χ3n) is 3.78. The van der Waals surface area contributed by atoms with Crippen LogP contribution < -0.4 is 5.32 Å². The van der Waals surface area contributed by atoms with Crippen LogP contribution in [-0.4, -0.2) is 36.5 Å². The number of likely N-dealkylation sites (tertiary alicyclic amines) is 1. The first-order valence-corrected chi connectivity index (χ1v) is 6.41. The van der Waals surface area contributed by atoms with Crippen LogP contribution in [0.3, 0.4) is 0 Å². The summed E-state index contributed by atoms with van der Waals surface area (Å²) in [4.78, 5) is 14.4. The molecule has 17 heavy (non-hydrogen) atoms. The zero-order valence-corrected chi connectivity index (χ0v) is 10.3. The molecule has 2 atom stereocenters. The first kappa shape index (κ1) is 11.1. The van der Waals surface area contributed by atoms with Gasteiger partial charge in [0.25, 0.3) is 5.91 Å². The Bertz CT molecular complexity index is 449. The number of fused-ring (bicyclic) bond motifs is 1. The lowest BCUT2D eigenvalue weighted by atomic mass is 10.0. The van der Waals surface area contributed by atoms with Gasteiger partial charge in [0.2, 0.25) is 0 Å². The summed E-state index contributed by atoms with van der Waals surface area (Å²) in [5.74, 6) is 0.752. The number of carbonyl (C=O) groups is 1. The molecule has 0 bridgehead atoms. The van der Waals surface area contributed by atoms with Crippen LogP contribution in [0.25, 0.3) is 0 Å². The predicted molar refractivity (Wildman–Crippen MR) is 67.3 cm³/mol. The third kappa shape index (κ3) is 1.94. The average Bonchev–Trinajstić information content (AvgIpc) is 2.89. The predicted octanol–water partition coefficient (Wildman–Crippen LogP) is 1.77. The highest BCUT2D eigenvalue weighted by molar-refractivity contribution is 6.30. The highest BCUT2D eigenvalue weighted by Crippen LogP contribution is 2.28. The van der Waals surface area contributed by atoms with Gasteiger partial charge in [-0.3, -0.25) is 4.79 Å². The Kier molecular flexibility index (Phi) is 2.81. The van der Waals surface area contributed by atoms with Crippen molar-refractivity contribution in [2.24, 2.45) is 5.92 Å². The number of benzene rings is 1. The van der Waals surface area contributed by atoms with E-state index in [-0.39, 0.29) is 5.91 Å². The van der Waals surface area contributed by atoms with E-state index in [1.54, 1.807) is 12.1 Å². The fourth-order valence-electron chi connectivity index (χ4n) is 2.89. The van der Waals surface area contributed by atoms with Crippen molar-refractivity contribution in [3.05, 3.63) is 34.9 Å². The zero-order valence-electron chi connectivity index (χ0n) is 9.53. The molecule has 1 aromatic rings. The molecular formula is C13H15ClN2O. The Labute approximate surface area is 106 Å². The zero-order chi connectivity index (χ0) is 11.8. The molecule has 0 aromatic heterocycles. The van der Waals surface area contributed by atoms with Gasteiger partial charge in [0.1, 0.15) is 0 Å².